The number of hydrogen-bond acceptors (Lipinski definition) is 5. The van der Waals surface area contributed by atoms with Crippen LogP contribution in [0, 0.1) is 0 Å². The maximum atomic E-state index is 12.8. The Morgan fingerprint density at radius 3 is 2.47 bits per heavy atom. The summed E-state index contributed by atoms with van der Waals surface area (Å²) in [6.07, 6.45) is 1.84. The summed E-state index contributed by atoms with van der Waals surface area (Å²) in [5.74, 6) is 0.628. The summed E-state index contributed by atoms with van der Waals surface area (Å²) in [4.78, 5) is 14.5. The molecule has 0 bridgehead atoms. The molecule has 2 aromatic heterocycles. The summed E-state index contributed by atoms with van der Waals surface area (Å²) < 4.78 is 28.8. The molecule has 0 aliphatic carbocycles. The summed E-state index contributed by atoms with van der Waals surface area (Å²) in [7, 11) is -3.62. The standard InChI is InChI=1S/C19H21ClN6O3S/c1-14(18-23-22-17-4-2-3-9-26(17)18)21-19(27)24-10-12-25(13-11-24)30(28,29)16-7-5-15(20)6-8-16/h2-9,14H,10-13H2,1H3,(H,21,27)/t14-/m0/s1. The number of benzene rings is 1. The quantitative estimate of drug-likeness (QED) is 0.659. The largest absolute Gasteiger partial charge is 0.328 e. The monoisotopic (exact) mass is 448 g/mol. The van der Waals surface area contributed by atoms with E-state index >= 15 is 0 Å². The number of amides is 2. The molecule has 0 unspecified atom stereocenters. The predicted octanol–water partition coefficient (Wildman–Crippen LogP) is 2.16. The molecule has 11 heteroatoms. The normalized spacial score (nSPS) is 16.5. The minimum Gasteiger partial charge on any atom is -0.328 e. The zero-order chi connectivity index (χ0) is 21.3. The van der Waals surface area contributed by atoms with Crippen molar-refractivity contribution in [2.75, 3.05) is 26.2 Å². The van der Waals surface area contributed by atoms with Crippen molar-refractivity contribution >= 4 is 33.3 Å². The van der Waals surface area contributed by atoms with Crippen molar-refractivity contribution in [3.05, 3.63) is 59.5 Å². The average molecular weight is 449 g/mol. The van der Waals surface area contributed by atoms with E-state index in [1.54, 1.807) is 17.0 Å². The van der Waals surface area contributed by atoms with Crippen molar-refractivity contribution in [3.8, 4) is 0 Å². The number of halogens is 1. The summed E-state index contributed by atoms with van der Waals surface area (Å²) in [5, 5.41) is 11.7. The van der Waals surface area contributed by atoms with Crippen molar-refractivity contribution < 1.29 is 13.2 Å². The minimum absolute atomic E-state index is 0.192. The fourth-order valence-corrected chi connectivity index (χ4v) is 4.93. The number of pyridine rings is 1. The van der Waals surface area contributed by atoms with Crippen LogP contribution >= 0.6 is 11.6 Å². The third-order valence-corrected chi connectivity index (χ3v) is 7.21. The van der Waals surface area contributed by atoms with Crippen LogP contribution in [0.15, 0.2) is 53.6 Å². The van der Waals surface area contributed by atoms with Crippen molar-refractivity contribution in [1.29, 1.82) is 0 Å². The highest BCUT2D eigenvalue weighted by atomic mass is 35.5. The molecule has 1 saturated heterocycles. The Morgan fingerprint density at radius 1 is 1.07 bits per heavy atom. The Labute approximate surface area is 179 Å². The molecule has 9 nitrogen and oxygen atoms in total. The molecule has 1 N–H and O–H groups in total. The van der Waals surface area contributed by atoms with Gasteiger partial charge in [0.1, 0.15) is 0 Å². The van der Waals surface area contributed by atoms with E-state index in [0.29, 0.717) is 29.6 Å². The molecule has 30 heavy (non-hydrogen) atoms. The highest BCUT2D eigenvalue weighted by Gasteiger charge is 2.30. The number of fused-ring (bicyclic) bond motifs is 1. The fourth-order valence-electron chi connectivity index (χ4n) is 3.38. The molecule has 1 aliphatic rings. The lowest BCUT2D eigenvalue weighted by Gasteiger charge is -2.34. The molecule has 3 heterocycles. The van der Waals surface area contributed by atoms with E-state index in [4.69, 9.17) is 11.6 Å². The maximum Gasteiger partial charge on any atom is 0.318 e. The average Bonchev–Trinajstić information content (AvgIpc) is 3.18. The van der Waals surface area contributed by atoms with Gasteiger partial charge in [0, 0.05) is 37.4 Å². The van der Waals surface area contributed by atoms with Crippen LogP contribution in [0.4, 0.5) is 4.79 Å². The second-order valence-corrected chi connectivity index (χ2v) is 9.38. The van der Waals surface area contributed by atoms with E-state index in [0.717, 1.165) is 0 Å². The summed E-state index contributed by atoms with van der Waals surface area (Å²) >= 11 is 5.84. The van der Waals surface area contributed by atoms with Crippen molar-refractivity contribution in [3.63, 3.8) is 0 Å². The number of hydrogen-bond donors (Lipinski definition) is 1. The Bertz CT molecular complexity index is 1160. The highest BCUT2D eigenvalue weighted by Crippen LogP contribution is 2.20. The van der Waals surface area contributed by atoms with Gasteiger partial charge in [-0.3, -0.25) is 4.40 Å². The molecule has 3 aromatic rings. The number of carbonyl (C=O) groups excluding carboxylic acids is 1. The lowest BCUT2D eigenvalue weighted by molar-refractivity contribution is 0.169. The summed E-state index contributed by atoms with van der Waals surface area (Å²) in [6, 6.07) is 11.0. The van der Waals surface area contributed by atoms with Gasteiger partial charge in [0.25, 0.3) is 0 Å². The molecule has 158 valence electrons. The molecule has 1 aliphatic heterocycles. The smallest absolute Gasteiger partial charge is 0.318 e. The molecule has 4 rings (SSSR count). The van der Waals surface area contributed by atoms with Crippen molar-refractivity contribution in [1.82, 2.24) is 29.1 Å². The molecule has 0 saturated carbocycles. The molecule has 1 aromatic carbocycles. The SMILES string of the molecule is C[C@H](NC(=O)N1CCN(S(=O)(=O)c2ccc(Cl)cc2)CC1)c1nnc2ccccn12. The number of nitrogens with zero attached hydrogens (tertiary/aromatic N) is 5. The lowest BCUT2D eigenvalue weighted by atomic mass is 10.3. The third-order valence-electron chi connectivity index (χ3n) is 5.04. The first-order valence-electron chi connectivity index (χ1n) is 9.47. The first-order chi connectivity index (χ1) is 14.4. The number of piperazine rings is 1. The van der Waals surface area contributed by atoms with Gasteiger partial charge < -0.3 is 10.2 Å². The molecule has 1 fully saturated rings. The Balaban J connectivity index is 1.38. The van der Waals surface area contributed by atoms with Crippen LogP contribution < -0.4 is 5.32 Å². The van der Waals surface area contributed by atoms with Gasteiger partial charge in [-0.05, 0) is 43.3 Å². The van der Waals surface area contributed by atoms with E-state index in [2.05, 4.69) is 15.5 Å². The highest BCUT2D eigenvalue weighted by molar-refractivity contribution is 7.89. The molecule has 1 atom stereocenters. The van der Waals surface area contributed by atoms with Gasteiger partial charge in [-0.2, -0.15) is 4.31 Å². The van der Waals surface area contributed by atoms with Gasteiger partial charge in [0.05, 0.1) is 10.9 Å². The molecule has 0 spiro atoms. The predicted molar refractivity (Wildman–Crippen MR) is 112 cm³/mol. The first kappa shape index (κ1) is 20.6. The number of nitrogens with one attached hydrogen (secondary N) is 1. The van der Waals surface area contributed by atoms with E-state index in [9.17, 15) is 13.2 Å². The van der Waals surface area contributed by atoms with Crippen LogP contribution in [-0.2, 0) is 10.0 Å². The van der Waals surface area contributed by atoms with Gasteiger partial charge >= 0.3 is 6.03 Å². The van der Waals surface area contributed by atoms with Gasteiger partial charge in [-0.1, -0.05) is 17.7 Å². The van der Waals surface area contributed by atoms with Gasteiger partial charge in [0.2, 0.25) is 10.0 Å². The van der Waals surface area contributed by atoms with E-state index in [1.807, 2.05) is 35.7 Å². The lowest BCUT2D eigenvalue weighted by Crippen LogP contribution is -2.53. The maximum absolute atomic E-state index is 12.8. The van der Waals surface area contributed by atoms with Gasteiger partial charge in [0.15, 0.2) is 11.5 Å². The second-order valence-electron chi connectivity index (χ2n) is 7.00. The van der Waals surface area contributed by atoms with Crippen LogP contribution in [0.1, 0.15) is 18.8 Å². The zero-order valence-corrected chi connectivity index (χ0v) is 17.8. The van der Waals surface area contributed by atoms with Crippen LogP contribution in [0.5, 0.6) is 0 Å². The number of sulfonamides is 1. The van der Waals surface area contributed by atoms with E-state index in [1.165, 1.54) is 16.4 Å². The molecule has 0 radical (unpaired) electrons. The summed E-state index contributed by atoms with van der Waals surface area (Å²) in [6.45, 7) is 2.88. The van der Waals surface area contributed by atoms with Crippen LogP contribution in [0.25, 0.3) is 5.65 Å². The third kappa shape index (κ3) is 3.98. The Morgan fingerprint density at radius 2 is 1.77 bits per heavy atom. The molecular formula is C19H21ClN6O3S. The number of carbonyl (C=O) groups is 1. The number of rotatable bonds is 4. The van der Waals surface area contributed by atoms with E-state index < -0.39 is 10.0 Å². The first-order valence-corrected chi connectivity index (χ1v) is 11.3. The topological polar surface area (TPSA) is 99.9 Å². The van der Waals surface area contributed by atoms with Crippen molar-refractivity contribution in [2.45, 2.75) is 17.9 Å². The van der Waals surface area contributed by atoms with Crippen LogP contribution in [0.2, 0.25) is 5.02 Å². The van der Waals surface area contributed by atoms with Gasteiger partial charge in [-0.15, -0.1) is 10.2 Å². The van der Waals surface area contributed by atoms with Crippen LogP contribution in [-0.4, -0.2) is 64.4 Å². The Kier molecular flexibility index (Phi) is 5.63. The molecule has 2 amide bonds. The second kappa shape index (κ2) is 8.21. The number of urea groups is 1. The number of aromatic nitrogens is 3. The van der Waals surface area contributed by atoms with Crippen molar-refractivity contribution in [2.24, 2.45) is 0 Å². The zero-order valence-electron chi connectivity index (χ0n) is 16.3. The minimum atomic E-state index is -3.62. The van der Waals surface area contributed by atoms with Crippen LogP contribution in [0.3, 0.4) is 0 Å². The summed E-state index contributed by atoms with van der Waals surface area (Å²) in [5.41, 5.74) is 0.703. The van der Waals surface area contributed by atoms with E-state index in [-0.39, 0.29) is 30.1 Å². The fraction of sp³-hybridized carbons (Fsp3) is 0.316. The molecular weight excluding hydrogens is 428 g/mol. The van der Waals surface area contributed by atoms with Gasteiger partial charge in [-0.25, -0.2) is 13.2 Å². The Hall–Kier alpha value is -2.69.